The second kappa shape index (κ2) is 7.40. The number of aromatic nitrogens is 1. The van der Waals surface area contributed by atoms with E-state index >= 15 is 0 Å². The zero-order valence-electron chi connectivity index (χ0n) is 13.9. The predicted molar refractivity (Wildman–Crippen MR) is 85.8 cm³/mol. The lowest BCUT2D eigenvalue weighted by Gasteiger charge is -2.20. The van der Waals surface area contributed by atoms with Crippen molar-refractivity contribution >= 4 is 11.7 Å². The minimum atomic E-state index is -1.35. The molecular weight excluding hydrogens is 352 g/mol. The summed E-state index contributed by atoms with van der Waals surface area (Å²) in [5.41, 5.74) is 4.06. The van der Waals surface area contributed by atoms with Crippen molar-refractivity contribution in [3.63, 3.8) is 0 Å². The van der Waals surface area contributed by atoms with Crippen LogP contribution in [-0.2, 0) is 4.79 Å². The van der Waals surface area contributed by atoms with Crippen LogP contribution in [0.15, 0.2) is 30.5 Å². The molecule has 10 heteroatoms. The van der Waals surface area contributed by atoms with Gasteiger partial charge in [0.1, 0.15) is 11.7 Å². The van der Waals surface area contributed by atoms with Crippen LogP contribution in [0.5, 0.6) is 17.4 Å². The molecule has 0 aliphatic heterocycles. The quantitative estimate of drug-likeness (QED) is 0.361. The first-order chi connectivity index (χ1) is 12.1. The second-order valence-electron chi connectivity index (χ2n) is 5.59. The van der Waals surface area contributed by atoms with Crippen molar-refractivity contribution in [3.8, 4) is 17.4 Å². The first-order valence-corrected chi connectivity index (χ1v) is 7.42. The molecule has 0 aliphatic rings. The van der Waals surface area contributed by atoms with Gasteiger partial charge in [-0.05, 0) is 13.3 Å². The van der Waals surface area contributed by atoms with Crippen molar-refractivity contribution in [2.45, 2.75) is 25.8 Å². The Hall–Kier alpha value is -3.14. The summed E-state index contributed by atoms with van der Waals surface area (Å²) in [7, 11) is 0. The number of hydrogen-bond acceptors (Lipinski definition) is 7. The number of carbonyl (C=O) groups excluding carboxylic acids is 1. The summed E-state index contributed by atoms with van der Waals surface area (Å²) >= 11 is 0. The number of benzene rings is 1. The van der Waals surface area contributed by atoms with Gasteiger partial charge in [-0.1, -0.05) is 6.92 Å². The molecule has 138 valence electrons. The Kier molecular flexibility index (Phi) is 5.46. The van der Waals surface area contributed by atoms with Crippen molar-refractivity contribution in [2.24, 2.45) is 5.73 Å². The Labute approximate surface area is 146 Å². The number of nitro groups is 1. The van der Waals surface area contributed by atoms with E-state index in [-0.39, 0.29) is 18.0 Å². The largest absolute Gasteiger partial charge is 0.436 e. The lowest BCUT2D eigenvalue weighted by molar-refractivity contribution is -0.385. The van der Waals surface area contributed by atoms with Gasteiger partial charge in [0.05, 0.1) is 4.92 Å². The van der Waals surface area contributed by atoms with E-state index in [0.717, 1.165) is 18.3 Å². The molecule has 0 saturated carbocycles. The molecule has 0 spiro atoms. The van der Waals surface area contributed by atoms with Gasteiger partial charge in [-0.25, -0.2) is 18.6 Å². The summed E-state index contributed by atoms with van der Waals surface area (Å²) in [5, 5.41) is 10.6. The van der Waals surface area contributed by atoms with E-state index in [2.05, 4.69) is 4.98 Å². The highest BCUT2D eigenvalue weighted by Crippen LogP contribution is 2.30. The molecule has 1 atom stereocenters. The predicted octanol–water partition coefficient (Wildman–Crippen LogP) is 3.09. The number of hydrogen-bond donors (Lipinski definition) is 1. The Morgan fingerprint density at radius 3 is 2.46 bits per heavy atom. The normalized spacial score (nSPS) is 13.0. The van der Waals surface area contributed by atoms with Gasteiger partial charge >= 0.3 is 5.97 Å². The lowest BCUT2D eigenvalue weighted by Crippen LogP contribution is -2.47. The molecule has 0 saturated heterocycles. The zero-order valence-corrected chi connectivity index (χ0v) is 13.9. The van der Waals surface area contributed by atoms with Gasteiger partial charge in [0.25, 0.3) is 5.69 Å². The molecule has 0 amide bonds. The molecule has 0 radical (unpaired) electrons. The van der Waals surface area contributed by atoms with Gasteiger partial charge in [-0.15, -0.1) is 0 Å². The third-order valence-corrected chi connectivity index (χ3v) is 3.54. The Balaban J connectivity index is 2.21. The van der Waals surface area contributed by atoms with Crippen LogP contribution in [0, 0.1) is 21.7 Å². The monoisotopic (exact) mass is 367 g/mol. The molecule has 0 bridgehead atoms. The lowest BCUT2D eigenvalue weighted by atomic mass is 10.0. The molecule has 26 heavy (non-hydrogen) atoms. The molecule has 0 aliphatic carbocycles. The fourth-order valence-electron chi connectivity index (χ4n) is 1.68. The van der Waals surface area contributed by atoms with Crippen molar-refractivity contribution in [1.29, 1.82) is 0 Å². The molecule has 1 aromatic heterocycles. The average Bonchev–Trinajstić information content (AvgIpc) is 2.59. The summed E-state index contributed by atoms with van der Waals surface area (Å²) < 4.78 is 38.0. The van der Waals surface area contributed by atoms with Crippen LogP contribution >= 0.6 is 0 Å². The van der Waals surface area contributed by atoms with Crippen molar-refractivity contribution in [2.75, 3.05) is 0 Å². The number of pyridine rings is 1. The van der Waals surface area contributed by atoms with E-state index in [1.807, 2.05) is 0 Å². The van der Waals surface area contributed by atoms with Crippen molar-refractivity contribution in [1.82, 2.24) is 4.98 Å². The number of halogens is 2. The van der Waals surface area contributed by atoms with Gasteiger partial charge in [0, 0.05) is 24.3 Å². The van der Waals surface area contributed by atoms with Gasteiger partial charge < -0.3 is 15.2 Å². The maximum absolute atomic E-state index is 14.1. The Morgan fingerprint density at radius 1 is 1.31 bits per heavy atom. The van der Waals surface area contributed by atoms with Gasteiger partial charge in [0.2, 0.25) is 5.88 Å². The van der Waals surface area contributed by atoms with Gasteiger partial charge in [-0.2, -0.15) is 0 Å². The fourth-order valence-corrected chi connectivity index (χ4v) is 1.68. The SMILES string of the molecule is CCC(C)(N)C(=O)Oc1cc(F)c(Oc2ccc([N+](=O)[O-])cn2)cc1F. The first-order valence-electron chi connectivity index (χ1n) is 7.42. The second-order valence-corrected chi connectivity index (χ2v) is 5.59. The summed E-state index contributed by atoms with van der Waals surface area (Å²) in [6.07, 6.45) is 1.15. The van der Waals surface area contributed by atoms with Crippen LogP contribution in [-0.4, -0.2) is 21.4 Å². The average molecular weight is 367 g/mol. The maximum atomic E-state index is 14.1. The van der Waals surface area contributed by atoms with Crippen LogP contribution < -0.4 is 15.2 Å². The summed E-state index contributed by atoms with van der Waals surface area (Å²) in [6.45, 7) is 3.05. The number of nitrogens with two attached hydrogens (primary N) is 1. The molecule has 2 rings (SSSR count). The third-order valence-electron chi connectivity index (χ3n) is 3.54. The Bertz CT molecular complexity index is 841. The minimum absolute atomic E-state index is 0.181. The standard InChI is InChI=1S/C16H15F2N3O5/c1-3-16(2,19)15(22)26-13-7-10(17)12(6-11(13)18)25-14-5-4-9(8-20-14)21(23)24/h4-8H,3,19H2,1-2H3. The molecule has 1 aromatic carbocycles. The third kappa shape index (κ3) is 4.28. The molecule has 2 N–H and O–H groups in total. The highest BCUT2D eigenvalue weighted by molar-refractivity contribution is 5.82. The molecule has 0 fully saturated rings. The van der Waals surface area contributed by atoms with E-state index in [0.29, 0.717) is 12.1 Å². The number of ether oxygens (including phenoxy) is 2. The van der Waals surface area contributed by atoms with Crippen molar-refractivity contribution in [3.05, 3.63) is 52.2 Å². The zero-order chi connectivity index (χ0) is 19.5. The van der Waals surface area contributed by atoms with E-state index < -0.39 is 39.6 Å². The van der Waals surface area contributed by atoms with Crippen LogP contribution in [0.2, 0.25) is 0 Å². The summed E-state index contributed by atoms with van der Waals surface area (Å²) in [5.74, 6) is -4.34. The minimum Gasteiger partial charge on any atom is -0.436 e. The molecule has 1 heterocycles. The number of esters is 1. The van der Waals surface area contributed by atoms with Gasteiger partial charge in [-0.3, -0.25) is 10.1 Å². The van der Waals surface area contributed by atoms with E-state index in [1.54, 1.807) is 6.92 Å². The van der Waals surface area contributed by atoms with Crippen LogP contribution in [0.25, 0.3) is 0 Å². The molecular formula is C16H15F2N3O5. The van der Waals surface area contributed by atoms with E-state index in [1.165, 1.54) is 6.92 Å². The molecule has 8 nitrogen and oxygen atoms in total. The summed E-state index contributed by atoms with van der Waals surface area (Å²) in [6, 6.07) is 3.53. The van der Waals surface area contributed by atoms with Crippen molar-refractivity contribution < 1.29 is 28.0 Å². The summed E-state index contributed by atoms with van der Waals surface area (Å²) in [4.78, 5) is 25.4. The highest BCUT2D eigenvalue weighted by Gasteiger charge is 2.29. The fraction of sp³-hybridized carbons (Fsp3) is 0.250. The Morgan fingerprint density at radius 2 is 1.92 bits per heavy atom. The highest BCUT2D eigenvalue weighted by atomic mass is 19.1. The topological polar surface area (TPSA) is 118 Å². The van der Waals surface area contributed by atoms with Crippen LogP contribution in [0.3, 0.4) is 0 Å². The number of carbonyl (C=O) groups is 1. The maximum Gasteiger partial charge on any atom is 0.331 e. The number of nitrogens with zero attached hydrogens (tertiary/aromatic N) is 2. The smallest absolute Gasteiger partial charge is 0.331 e. The van der Waals surface area contributed by atoms with E-state index in [9.17, 15) is 23.7 Å². The van der Waals surface area contributed by atoms with Gasteiger partial charge in [0.15, 0.2) is 23.1 Å². The number of rotatable bonds is 6. The van der Waals surface area contributed by atoms with E-state index in [4.69, 9.17) is 15.2 Å². The molecule has 2 aromatic rings. The molecule has 1 unspecified atom stereocenters. The first kappa shape index (κ1) is 19.2. The van der Waals surface area contributed by atoms with Crippen LogP contribution in [0.1, 0.15) is 20.3 Å². The van der Waals surface area contributed by atoms with Crippen LogP contribution in [0.4, 0.5) is 14.5 Å².